The van der Waals surface area contributed by atoms with Crippen LogP contribution >= 0.6 is 0 Å². The fourth-order valence-corrected chi connectivity index (χ4v) is 3.88. The molecule has 0 saturated carbocycles. The number of carbonyl (C=O) groups excluding carboxylic acids is 1. The van der Waals surface area contributed by atoms with E-state index < -0.39 is 16.0 Å². The maximum absolute atomic E-state index is 13.0. The Bertz CT molecular complexity index is 1140. The molecule has 3 rings (SSSR count). The van der Waals surface area contributed by atoms with E-state index in [2.05, 4.69) is 10.1 Å². The lowest BCUT2D eigenvalue weighted by Crippen LogP contribution is -2.33. The molecule has 0 fully saturated rings. The first-order chi connectivity index (χ1) is 14.2. The van der Waals surface area contributed by atoms with Gasteiger partial charge in [-0.1, -0.05) is 11.2 Å². The third-order valence-corrected chi connectivity index (χ3v) is 6.40. The van der Waals surface area contributed by atoms with E-state index >= 15 is 0 Å². The van der Waals surface area contributed by atoms with Crippen LogP contribution in [-0.4, -0.2) is 41.9 Å². The van der Waals surface area contributed by atoms with Gasteiger partial charge in [0.1, 0.15) is 5.82 Å². The summed E-state index contributed by atoms with van der Waals surface area (Å²) in [6.07, 6.45) is 0. The lowest BCUT2D eigenvalue weighted by atomic mass is 10.2. The molecule has 0 aliphatic heterocycles. The molecule has 8 nitrogen and oxygen atoms in total. The summed E-state index contributed by atoms with van der Waals surface area (Å²) >= 11 is 0. The Kier molecular flexibility index (Phi) is 6.28. The van der Waals surface area contributed by atoms with Crippen molar-refractivity contribution in [2.24, 2.45) is 0 Å². The van der Waals surface area contributed by atoms with Gasteiger partial charge in [0.15, 0.2) is 6.61 Å². The van der Waals surface area contributed by atoms with Crippen molar-refractivity contribution in [3.8, 4) is 11.4 Å². The molecule has 10 heteroatoms. The first-order valence-electron chi connectivity index (χ1n) is 9.02. The molecule has 0 N–H and O–H groups in total. The van der Waals surface area contributed by atoms with Gasteiger partial charge in [0.2, 0.25) is 15.8 Å². The lowest BCUT2D eigenvalue weighted by Gasteiger charge is -2.21. The van der Waals surface area contributed by atoms with Gasteiger partial charge >= 0.3 is 5.97 Å². The molecule has 0 bridgehead atoms. The van der Waals surface area contributed by atoms with Crippen LogP contribution in [0.3, 0.4) is 0 Å². The second-order valence-corrected chi connectivity index (χ2v) is 8.74. The van der Waals surface area contributed by atoms with Gasteiger partial charge in [0.05, 0.1) is 10.5 Å². The number of halogens is 1. The number of esters is 1. The van der Waals surface area contributed by atoms with E-state index in [-0.39, 0.29) is 40.6 Å². The Morgan fingerprint density at radius 2 is 1.90 bits per heavy atom. The molecular weight excluding hydrogens is 413 g/mol. The molecule has 0 radical (unpaired) electrons. The van der Waals surface area contributed by atoms with Crippen LogP contribution in [0.2, 0.25) is 0 Å². The van der Waals surface area contributed by atoms with Crippen LogP contribution in [0, 0.1) is 5.82 Å². The number of sulfonamides is 1. The second kappa shape index (κ2) is 8.72. The number of rotatable bonds is 7. The summed E-state index contributed by atoms with van der Waals surface area (Å²) in [4.78, 5) is 16.4. The molecule has 0 amide bonds. The number of hydrogen-bond donors (Lipinski definition) is 0. The van der Waals surface area contributed by atoms with Gasteiger partial charge in [-0.2, -0.15) is 9.29 Å². The van der Waals surface area contributed by atoms with Crippen molar-refractivity contribution in [2.75, 3.05) is 7.05 Å². The largest absolute Gasteiger partial charge is 0.452 e. The van der Waals surface area contributed by atoms with Crippen molar-refractivity contribution in [2.45, 2.75) is 31.4 Å². The quantitative estimate of drug-likeness (QED) is 0.527. The van der Waals surface area contributed by atoms with Gasteiger partial charge < -0.3 is 9.26 Å². The Labute approximate surface area is 173 Å². The molecule has 1 aromatic heterocycles. The summed E-state index contributed by atoms with van der Waals surface area (Å²) in [7, 11) is -2.26. The molecule has 0 aliphatic carbocycles. The summed E-state index contributed by atoms with van der Waals surface area (Å²) < 4.78 is 49.6. The molecule has 158 valence electrons. The molecule has 0 atom stereocenters. The molecule has 0 saturated heterocycles. The van der Waals surface area contributed by atoms with Crippen LogP contribution in [-0.2, 0) is 21.4 Å². The van der Waals surface area contributed by atoms with Crippen molar-refractivity contribution in [3.05, 3.63) is 65.8 Å². The number of nitrogens with zero attached hydrogens (tertiary/aromatic N) is 3. The number of ether oxygens (including phenoxy) is 1. The zero-order chi connectivity index (χ0) is 21.9. The van der Waals surface area contributed by atoms with E-state index in [4.69, 9.17) is 9.26 Å². The standard InChI is InChI=1S/C20H20FN3O5S/c1-13(2)24(3)30(26,27)17-6-4-5-15(11-17)20(25)28-12-18-22-19(23-29-18)14-7-9-16(21)10-8-14/h4-11,13H,12H2,1-3H3. The molecule has 0 spiro atoms. The summed E-state index contributed by atoms with van der Waals surface area (Å²) in [5.41, 5.74) is 0.622. The highest BCUT2D eigenvalue weighted by atomic mass is 32.2. The van der Waals surface area contributed by atoms with Crippen LogP contribution in [0.25, 0.3) is 11.4 Å². The predicted molar refractivity (Wildman–Crippen MR) is 105 cm³/mol. The normalized spacial score (nSPS) is 11.8. The minimum absolute atomic E-state index is 0.00969. The van der Waals surface area contributed by atoms with E-state index in [1.165, 1.54) is 59.9 Å². The van der Waals surface area contributed by atoms with E-state index in [9.17, 15) is 17.6 Å². The predicted octanol–water partition coefficient (Wildman–Crippen LogP) is 3.26. The fraction of sp³-hybridized carbons (Fsp3) is 0.250. The van der Waals surface area contributed by atoms with Crippen LogP contribution in [0.5, 0.6) is 0 Å². The van der Waals surface area contributed by atoms with E-state index in [1.807, 2.05) is 0 Å². The highest BCUT2D eigenvalue weighted by Gasteiger charge is 2.24. The highest BCUT2D eigenvalue weighted by molar-refractivity contribution is 7.89. The maximum atomic E-state index is 13.0. The van der Waals surface area contributed by atoms with Gasteiger partial charge in [-0.15, -0.1) is 0 Å². The minimum atomic E-state index is -3.73. The Hall–Kier alpha value is -3.11. The third-order valence-electron chi connectivity index (χ3n) is 4.37. The highest BCUT2D eigenvalue weighted by Crippen LogP contribution is 2.19. The topological polar surface area (TPSA) is 103 Å². The number of benzene rings is 2. The van der Waals surface area contributed by atoms with Crippen molar-refractivity contribution in [1.29, 1.82) is 0 Å². The van der Waals surface area contributed by atoms with Crippen LogP contribution in [0.4, 0.5) is 4.39 Å². The number of aromatic nitrogens is 2. The average Bonchev–Trinajstić information content (AvgIpc) is 3.21. The Balaban J connectivity index is 1.69. The maximum Gasteiger partial charge on any atom is 0.338 e. The minimum Gasteiger partial charge on any atom is -0.452 e. The molecule has 2 aromatic carbocycles. The molecule has 0 unspecified atom stereocenters. The van der Waals surface area contributed by atoms with Gasteiger partial charge in [0, 0.05) is 18.7 Å². The fourth-order valence-electron chi connectivity index (χ4n) is 2.47. The molecule has 0 aliphatic rings. The van der Waals surface area contributed by atoms with Gasteiger partial charge in [0.25, 0.3) is 5.89 Å². The van der Waals surface area contributed by atoms with Crippen molar-refractivity contribution in [1.82, 2.24) is 14.4 Å². The monoisotopic (exact) mass is 433 g/mol. The smallest absolute Gasteiger partial charge is 0.338 e. The molecule has 30 heavy (non-hydrogen) atoms. The van der Waals surface area contributed by atoms with Gasteiger partial charge in [-0.05, 0) is 56.3 Å². The van der Waals surface area contributed by atoms with Crippen molar-refractivity contribution < 1.29 is 26.9 Å². The third kappa shape index (κ3) is 4.71. The summed E-state index contributed by atoms with van der Waals surface area (Å²) in [5, 5.41) is 3.76. The zero-order valence-electron chi connectivity index (χ0n) is 16.6. The van der Waals surface area contributed by atoms with Crippen molar-refractivity contribution >= 4 is 16.0 Å². The zero-order valence-corrected chi connectivity index (χ0v) is 17.4. The number of carbonyl (C=O) groups is 1. The first-order valence-corrected chi connectivity index (χ1v) is 10.5. The first kappa shape index (κ1) is 21.6. The molecule has 3 aromatic rings. The van der Waals surface area contributed by atoms with Gasteiger partial charge in [-0.3, -0.25) is 0 Å². The van der Waals surface area contributed by atoms with Gasteiger partial charge in [-0.25, -0.2) is 17.6 Å². The second-order valence-electron chi connectivity index (χ2n) is 6.74. The Morgan fingerprint density at radius 1 is 1.20 bits per heavy atom. The summed E-state index contributed by atoms with van der Waals surface area (Å²) in [6.45, 7) is 3.20. The van der Waals surface area contributed by atoms with E-state index in [0.717, 1.165) is 0 Å². The average molecular weight is 433 g/mol. The van der Waals surface area contributed by atoms with E-state index in [1.54, 1.807) is 13.8 Å². The lowest BCUT2D eigenvalue weighted by molar-refractivity contribution is 0.0429. The number of hydrogen-bond acceptors (Lipinski definition) is 7. The van der Waals surface area contributed by atoms with Crippen LogP contribution in [0.1, 0.15) is 30.1 Å². The molecular formula is C20H20FN3O5S. The van der Waals surface area contributed by atoms with Crippen LogP contribution in [0.15, 0.2) is 57.9 Å². The SMILES string of the molecule is CC(C)N(C)S(=O)(=O)c1cccc(C(=O)OCc2nc(-c3ccc(F)cc3)no2)c1. The Morgan fingerprint density at radius 3 is 2.57 bits per heavy atom. The van der Waals surface area contributed by atoms with E-state index in [0.29, 0.717) is 5.56 Å². The molecule has 1 heterocycles. The van der Waals surface area contributed by atoms with Crippen LogP contribution < -0.4 is 0 Å². The summed E-state index contributed by atoms with van der Waals surface area (Å²) in [6, 6.07) is 10.9. The van der Waals surface area contributed by atoms with Crippen molar-refractivity contribution in [3.63, 3.8) is 0 Å². The summed E-state index contributed by atoms with van der Waals surface area (Å²) in [5.74, 6) is -0.849.